The summed E-state index contributed by atoms with van der Waals surface area (Å²) in [7, 11) is 1.69. The van der Waals surface area contributed by atoms with Crippen LogP contribution in [0.5, 0.6) is 5.75 Å². The zero-order valence-electron chi connectivity index (χ0n) is 11.6. The summed E-state index contributed by atoms with van der Waals surface area (Å²) in [5.74, 6) is 0.996. The van der Waals surface area contributed by atoms with E-state index in [-0.39, 0.29) is 5.92 Å². The van der Waals surface area contributed by atoms with Crippen LogP contribution in [0.3, 0.4) is 0 Å². The SMILES string of the molecule is COc1c(C)cc(C(CN)c2cnccn2)cc1C. The molecule has 0 aliphatic rings. The van der Waals surface area contributed by atoms with Crippen LogP contribution in [-0.4, -0.2) is 23.6 Å². The van der Waals surface area contributed by atoms with Crippen molar-refractivity contribution in [3.8, 4) is 5.75 Å². The fraction of sp³-hybridized carbons (Fsp3) is 0.333. The molecule has 2 rings (SSSR count). The molecule has 0 aliphatic heterocycles. The third-order valence-corrected chi connectivity index (χ3v) is 3.27. The van der Waals surface area contributed by atoms with E-state index in [2.05, 4.69) is 22.1 Å². The van der Waals surface area contributed by atoms with Crippen molar-refractivity contribution in [2.75, 3.05) is 13.7 Å². The van der Waals surface area contributed by atoms with Crippen LogP contribution in [0.2, 0.25) is 0 Å². The summed E-state index contributed by atoms with van der Waals surface area (Å²) in [6, 6.07) is 4.22. The highest BCUT2D eigenvalue weighted by atomic mass is 16.5. The number of benzene rings is 1. The zero-order chi connectivity index (χ0) is 13.8. The Labute approximate surface area is 113 Å². The van der Waals surface area contributed by atoms with Gasteiger partial charge < -0.3 is 10.5 Å². The summed E-state index contributed by atoms with van der Waals surface area (Å²) >= 11 is 0. The second kappa shape index (κ2) is 5.80. The maximum Gasteiger partial charge on any atom is 0.124 e. The average Bonchev–Trinajstić information content (AvgIpc) is 2.40. The van der Waals surface area contributed by atoms with Crippen molar-refractivity contribution in [1.29, 1.82) is 0 Å². The molecule has 1 heterocycles. The van der Waals surface area contributed by atoms with Crippen molar-refractivity contribution in [2.24, 2.45) is 5.73 Å². The van der Waals surface area contributed by atoms with Crippen molar-refractivity contribution in [1.82, 2.24) is 9.97 Å². The topological polar surface area (TPSA) is 61.0 Å². The number of hydrogen-bond acceptors (Lipinski definition) is 4. The van der Waals surface area contributed by atoms with Crippen molar-refractivity contribution >= 4 is 0 Å². The van der Waals surface area contributed by atoms with Crippen molar-refractivity contribution in [2.45, 2.75) is 19.8 Å². The minimum absolute atomic E-state index is 0.0667. The number of nitrogens with two attached hydrogens (primary N) is 1. The number of ether oxygens (including phenoxy) is 1. The van der Waals surface area contributed by atoms with Crippen LogP contribution in [0, 0.1) is 13.8 Å². The molecular formula is C15H19N3O. The predicted octanol–water partition coefficient (Wildman–Crippen LogP) is 2.19. The van der Waals surface area contributed by atoms with Gasteiger partial charge in [0.05, 0.1) is 12.8 Å². The van der Waals surface area contributed by atoms with Gasteiger partial charge in [-0.3, -0.25) is 9.97 Å². The first-order valence-corrected chi connectivity index (χ1v) is 6.28. The van der Waals surface area contributed by atoms with Crippen LogP contribution < -0.4 is 10.5 Å². The number of hydrogen-bond donors (Lipinski definition) is 1. The largest absolute Gasteiger partial charge is 0.496 e. The van der Waals surface area contributed by atoms with E-state index in [0.29, 0.717) is 6.54 Å². The lowest BCUT2D eigenvalue weighted by Gasteiger charge is -2.17. The summed E-state index contributed by atoms with van der Waals surface area (Å²) in [6.07, 6.45) is 5.13. The fourth-order valence-electron chi connectivity index (χ4n) is 2.43. The van der Waals surface area contributed by atoms with E-state index >= 15 is 0 Å². The maximum absolute atomic E-state index is 5.91. The molecule has 19 heavy (non-hydrogen) atoms. The highest BCUT2D eigenvalue weighted by Crippen LogP contribution is 2.29. The maximum atomic E-state index is 5.91. The second-order valence-electron chi connectivity index (χ2n) is 4.61. The molecule has 1 aromatic heterocycles. The summed E-state index contributed by atoms with van der Waals surface area (Å²) in [5.41, 5.74) is 10.2. The molecule has 100 valence electrons. The molecule has 2 aromatic rings. The Morgan fingerprint density at radius 1 is 1.21 bits per heavy atom. The van der Waals surface area contributed by atoms with Gasteiger partial charge in [0.2, 0.25) is 0 Å². The molecule has 0 saturated heterocycles. The normalized spacial score (nSPS) is 12.2. The van der Waals surface area contributed by atoms with Gasteiger partial charge in [-0.25, -0.2) is 0 Å². The Balaban J connectivity index is 2.45. The molecule has 4 nitrogen and oxygen atoms in total. The Bertz CT molecular complexity index is 532. The Kier molecular flexibility index (Phi) is 4.12. The molecule has 0 bridgehead atoms. The van der Waals surface area contributed by atoms with Gasteiger partial charge in [0.15, 0.2) is 0 Å². The van der Waals surface area contributed by atoms with Gasteiger partial charge in [-0.05, 0) is 30.5 Å². The lowest BCUT2D eigenvalue weighted by atomic mass is 9.92. The summed E-state index contributed by atoms with van der Waals surface area (Å²) in [6.45, 7) is 4.59. The molecule has 0 radical (unpaired) electrons. The Morgan fingerprint density at radius 2 is 1.89 bits per heavy atom. The summed E-state index contributed by atoms with van der Waals surface area (Å²) in [5, 5.41) is 0. The molecule has 1 unspecified atom stereocenters. The highest BCUT2D eigenvalue weighted by Gasteiger charge is 2.16. The van der Waals surface area contributed by atoms with E-state index in [1.807, 2.05) is 13.8 Å². The molecule has 1 atom stereocenters. The van der Waals surface area contributed by atoms with E-state index in [9.17, 15) is 0 Å². The number of methoxy groups -OCH3 is 1. The van der Waals surface area contributed by atoms with E-state index < -0.39 is 0 Å². The summed E-state index contributed by atoms with van der Waals surface area (Å²) < 4.78 is 5.39. The van der Waals surface area contributed by atoms with E-state index in [1.165, 1.54) is 0 Å². The standard InChI is InChI=1S/C15H19N3O/c1-10-6-12(7-11(2)15(10)19-3)13(8-16)14-9-17-4-5-18-14/h4-7,9,13H,8,16H2,1-3H3. The third kappa shape index (κ3) is 2.74. The first kappa shape index (κ1) is 13.5. The van der Waals surface area contributed by atoms with Crippen molar-refractivity contribution in [3.63, 3.8) is 0 Å². The Hall–Kier alpha value is -1.94. The van der Waals surface area contributed by atoms with Crippen molar-refractivity contribution < 1.29 is 4.74 Å². The molecule has 0 saturated carbocycles. The Morgan fingerprint density at radius 3 is 2.37 bits per heavy atom. The molecular weight excluding hydrogens is 238 g/mol. The van der Waals surface area contributed by atoms with Gasteiger partial charge in [-0.1, -0.05) is 12.1 Å². The van der Waals surface area contributed by atoms with Crippen LogP contribution >= 0.6 is 0 Å². The van der Waals surface area contributed by atoms with Gasteiger partial charge in [0.1, 0.15) is 5.75 Å². The van der Waals surface area contributed by atoms with E-state index in [4.69, 9.17) is 10.5 Å². The van der Waals surface area contributed by atoms with Gasteiger partial charge in [0, 0.05) is 31.1 Å². The molecule has 0 amide bonds. The fourth-order valence-corrected chi connectivity index (χ4v) is 2.43. The zero-order valence-corrected chi connectivity index (χ0v) is 11.6. The third-order valence-electron chi connectivity index (χ3n) is 3.27. The number of aryl methyl sites for hydroxylation is 2. The minimum Gasteiger partial charge on any atom is -0.496 e. The monoisotopic (exact) mass is 257 g/mol. The molecule has 0 fully saturated rings. The minimum atomic E-state index is 0.0667. The predicted molar refractivity (Wildman–Crippen MR) is 75.4 cm³/mol. The molecule has 4 heteroatoms. The van der Waals surface area contributed by atoms with Crippen molar-refractivity contribution in [3.05, 3.63) is 53.1 Å². The first-order valence-electron chi connectivity index (χ1n) is 6.28. The van der Waals surface area contributed by atoms with Crippen LogP contribution in [0.25, 0.3) is 0 Å². The number of rotatable bonds is 4. The average molecular weight is 257 g/mol. The smallest absolute Gasteiger partial charge is 0.124 e. The molecule has 0 spiro atoms. The van der Waals surface area contributed by atoms with Gasteiger partial charge in [0.25, 0.3) is 0 Å². The first-order chi connectivity index (χ1) is 9.17. The van der Waals surface area contributed by atoms with Gasteiger partial charge >= 0.3 is 0 Å². The van der Waals surface area contributed by atoms with Gasteiger partial charge in [-0.15, -0.1) is 0 Å². The van der Waals surface area contributed by atoms with Crippen LogP contribution in [0.1, 0.15) is 28.3 Å². The number of nitrogens with zero attached hydrogens (tertiary/aromatic N) is 2. The number of aromatic nitrogens is 2. The van der Waals surface area contributed by atoms with E-state index in [0.717, 1.165) is 28.1 Å². The lowest BCUT2D eigenvalue weighted by molar-refractivity contribution is 0.408. The highest BCUT2D eigenvalue weighted by molar-refractivity contribution is 5.45. The van der Waals surface area contributed by atoms with Crippen LogP contribution in [0.15, 0.2) is 30.7 Å². The molecule has 0 aliphatic carbocycles. The van der Waals surface area contributed by atoms with E-state index in [1.54, 1.807) is 25.7 Å². The second-order valence-corrected chi connectivity index (χ2v) is 4.61. The van der Waals surface area contributed by atoms with Crippen LogP contribution in [-0.2, 0) is 0 Å². The summed E-state index contributed by atoms with van der Waals surface area (Å²) in [4.78, 5) is 8.47. The van der Waals surface area contributed by atoms with Crippen LogP contribution in [0.4, 0.5) is 0 Å². The molecule has 2 N–H and O–H groups in total. The quantitative estimate of drug-likeness (QED) is 0.912. The lowest BCUT2D eigenvalue weighted by Crippen LogP contribution is -2.15. The molecule has 1 aromatic carbocycles. The van der Waals surface area contributed by atoms with Gasteiger partial charge in [-0.2, -0.15) is 0 Å².